The second-order valence-corrected chi connectivity index (χ2v) is 7.05. The van der Waals surface area contributed by atoms with Gasteiger partial charge in [0.2, 0.25) is 5.91 Å². The molecule has 132 valence electrons. The lowest BCUT2D eigenvalue weighted by Crippen LogP contribution is -2.37. The molecule has 1 heterocycles. The topological polar surface area (TPSA) is 64.0 Å². The van der Waals surface area contributed by atoms with E-state index in [1.807, 2.05) is 18.2 Å². The molecule has 26 heavy (non-hydrogen) atoms. The number of benzene rings is 2. The van der Waals surface area contributed by atoms with Crippen molar-refractivity contribution in [2.45, 2.75) is 31.6 Å². The number of aromatic nitrogens is 2. The fraction of sp³-hybridized carbons (Fsp3) is 0.250. The highest BCUT2D eigenvalue weighted by atomic mass is 35.5. The fourth-order valence-corrected chi connectivity index (χ4v) is 3.34. The van der Waals surface area contributed by atoms with Gasteiger partial charge in [-0.05, 0) is 36.6 Å². The van der Waals surface area contributed by atoms with E-state index in [1.54, 1.807) is 30.3 Å². The molecule has 4 rings (SSSR count). The van der Waals surface area contributed by atoms with Crippen molar-refractivity contribution in [3.63, 3.8) is 0 Å². The molecule has 0 radical (unpaired) electrons. The molecule has 1 N–H and O–H groups in total. The normalized spacial score (nSPS) is 14.2. The molecular formula is C20H18ClN3O2. The fourth-order valence-electron chi connectivity index (χ4n) is 3.22. The molecule has 1 amide bonds. The number of hydrogen-bond donors (Lipinski definition) is 1. The van der Waals surface area contributed by atoms with E-state index in [1.165, 1.54) is 6.42 Å². The summed E-state index contributed by atoms with van der Waals surface area (Å²) < 4.78 is 0. The van der Waals surface area contributed by atoms with E-state index in [4.69, 9.17) is 11.6 Å². The van der Waals surface area contributed by atoms with Crippen molar-refractivity contribution in [1.82, 2.24) is 9.89 Å². The van der Waals surface area contributed by atoms with Gasteiger partial charge in [-0.3, -0.25) is 9.59 Å². The molecule has 1 aromatic heterocycles. The molecule has 3 aromatic rings. The Bertz CT molecular complexity index is 1020. The van der Waals surface area contributed by atoms with E-state index < -0.39 is 0 Å². The Hall–Kier alpha value is -2.66. The van der Waals surface area contributed by atoms with Gasteiger partial charge in [0.25, 0.3) is 5.56 Å². The van der Waals surface area contributed by atoms with Crippen molar-refractivity contribution >= 4 is 28.3 Å². The third-order valence-electron chi connectivity index (χ3n) is 4.83. The number of carbonyl (C=O) groups is 1. The Morgan fingerprint density at radius 1 is 1.12 bits per heavy atom. The predicted octanol–water partition coefficient (Wildman–Crippen LogP) is 3.63. The first-order valence-electron chi connectivity index (χ1n) is 8.68. The van der Waals surface area contributed by atoms with Gasteiger partial charge in [0.05, 0.1) is 17.5 Å². The first-order valence-corrected chi connectivity index (χ1v) is 9.06. The number of fused-ring (bicyclic) bond motifs is 1. The number of amides is 1. The molecule has 1 aliphatic carbocycles. The minimum absolute atomic E-state index is 0.150. The van der Waals surface area contributed by atoms with Crippen molar-refractivity contribution in [2.24, 2.45) is 0 Å². The maximum Gasteiger partial charge on any atom is 0.294 e. The molecule has 0 bridgehead atoms. The van der Waals surface area contributed by atoms with Crippen LogP contribution < -0.4 is 11.0 Å². The summed E-state index contributed by atoms with van der Waals surface area (Å²) in [6, 6.07) is 14.5. The number of nitrogens with one attached hydrogen (secondary N) is 1. The van der Waals surface area contributed by atoms with E-state index in [-0.39, 0.29) is 17.9 Å². The molecular weight excluding hydrogens is 350 g/mol. The Morgan fingerprint density at radius 3 is 2.46 bits per heavy atom. The molecule has 5 nitrogen and oxygen atoms in total. The molecule has 0 aliphatic heterocycles. The number of hydrogen-bond acceptors (Lipinski definition) is 3. The zero-order chi connectivity index (χ0) is 18.1. The molecule has 1 saturated carbocycles. The SMILES string of the molecule is O=C(Cc1ccc(Cl)cc1)Nn1nc(C2CCC2)c2ccccc2c1=O. The Balaban J connectivity index is 1.65. The number of halogens is 1. The lowest BCUT2D eigenvalue weighted by molar-refractivity contribution is -0.116. The van der Waals surface area contributed by atoms with Gasteiger partial charge < -0.3 is 0 Å². The Morgan fingerprint density at radius 2 is 1.81 bits per heavy atom. The third kappa shape index (κ3) is 3.22. The molecule has 1 aliphatic rings. The van der Waals surface area contributed by atoms with Crippen LogP contribution in [0.5, 0.6) is 0 Å². The summed E-state index contributed by atoms with van der Waals surface area (Å²) in [6.45, 7) is 0. The van der Waals surface area contributed by atoms with Crippen LogP contribution in [0.1, 0.15) is 36.4 Å². The second-order valence-electron chi connectivity index (χ2n) is 6.61. The molecule has 0 unspecified atom stereocenters. The van der Waals surface area contributed by atoms with Crippen LogP contribution >= 0.6 is 11.6 Å². The van der Waals surface area contributed by atoms with Crippen LogP contribution in [0.4, 0.5) is 0 Å². The molecule has 0 saturated heterocycles. The van der Waals surface area contributed by atoms with Crippen LogP contribution in [-0.4, -0.2) is 15.8 Å². The highest BCUT2D eigenvalue weighted by Crippen LogP contribution is 2.37. The lowest BCUT2D eigenvalue weighted by Gasteiger charge is -2.26. The van der Waals surface area contributed by atoms with Crippen molar-refractivity contribution in [2.75, 3.05) is 5.43 Å². The summed E-state index contributed by atoms with van der Waals surface area (Å²) in [4.78, 5) is 26.2. The van der Waals surface area contributed by atoms with E-state index >= 15 is 0 Å². The smallest absolute Gasteiger partial charge is 0.273 e. The number of nitrogens with zero attached hydrogens (tertiary/aromatic N) is 2. The molecule has 0 spiro atoms. The third-order valence-corrected chi connectivity index (χ3v) is 5.09. The van der Waals surface area contributed by atoms with Gasteiger partial charge in [0, 0.05) is 16.3 Å². The largest absolute Gasteiger partial charge is 0.294 e. The summed E-state index contributed by atoms with van der Waals surface area (Å²) in [5, 5.41) is 6.55. The average molecular weight is 368 g/mol. The van der Waals surface area contributed by atoms with Gasteiger partial charge in [-0.2, -0.15) is 5.10 Å². The summed E-state index contributed by atoms with van der Waals surface area (Å²) in [7, 11) is 0. The average Bonchev–Trinajstić information content (AvgIpc) is 2.59. The standard InChI is InChI=1S/C20H18ClN3O2/c21-15-10-8-13(9-11-15)12-18(25)22-24-20(26)17-7-2-1-6-16(17)19(23-24)14-4-3-5-14/h1-2,6-11,14H,3-5,12H2,(H,22,25). The van der Waals surface area contributed by atoms with Crippen molar-refractivity contribution in [1.29, 1.82) is 0 Å². The number of carbonyl (C=O) groups excluding carboxylic acids is 1. The van der Waals surface area contributed by atoms with Gasteiger partial charge in [0.15, 0.2) is 0 Å². The zero-order valence-electron chi connectivity index (χ0n) is 14.1. The van der Waals surface area contributed by atoms with Crippen LogP contribution in [0.15, 0.2) is 53.3 Å². The van der Waals surface area contributed by atoms with Gasteiger partial charge in [0.1, 0.15) is 0 Å². The van der Waals surface area contributed by atoms with Crippen LogP contribution in [-0.2, 0) is 11.2 Å². The molecule has 0 atom stereocenters. The van der Waals surface area contributed by atoms with Gasteiger partial charge in [-0.15, -0.1) is 4.79 Å². The van der Waals surface area contributed by atoms with E-state index in [2.05, 4.69) is 10.5 Å². The van der Waals surface area contributed by atoms with Crippen LogP contribution in [0.3, 0.4) is 0 Å². The maximum absolute atomic E-state index is 12.7. The highest BCUT2D eigenvalue weighted by Gasteiger charge is 2.25. The van der Waals surface area contributed by atoms with Gasteiger partial charge in [-0.1, -0.05) is 48.4 Å². The second kappa shape index (κ2) is 6.92. The summed E-state index contributed by atoms with van der Waals surface area (Å²) in [5.74, 6) is 0.0525. The van der Waals surface area contributed by atoms with E-state index in [0.717, 1.165) is 34.3 Å². The molecule has 2 aromatic carbocycles. The minimum atomic E-state index is -0.312. The van der Waals surface area contributed by atoms with Gasteiger partial charge >= 0.3 is 0 Å². The summed E-state index contributed by atoms with van der Waals surface area (Å²) in [5.41, 5.74) is 4.02. The predicted molar refractivity (Wildman–Crippen MR) is 102 cm³/mol. The minimum Gasteiger partial charge on any atom is -0.273 e. The number of rotatable bonds is 4. The van der Waals surface area contributed by atoms with Crippen LogP contribution in [0, 0.1) is 0 Å². The Kier molecular flexibility index (Phi) is 4.47. The van der Waals surface area contributed by atoms with Gasteiger partial charge in [-0.25, -0.2) is 5.43 Å². The highest BCUT2D eigenvalue weighted by molar-refractivity contribution is 6.30. The first-order chi connectivity index (χ1) is 12.6. The van der Waals surface area contributed by atoms with Crippen molar-refractivity contribution in [3.05, 3.63) is 75.2 Å². The monoisotopic (exact) mass is 367 g/mol. The molecule has 6 heteroatoms. The van der Waals surface area contributed by atoms with E-state index in [0.29, 0.717) is 16.3 Å². The maximum atomic E-state index is 12.7. The first kappa shape index (κ1) is 16.8. The summed E-state index contributed by atoms with van der Waals surface area (Å²) >= 11 is 5.86. The quantitative estimate of drug-likeness (QED) is 0.765. The van der Waals surface area contributed by atoms with Crippen molar-refractivity contribution < 1.29 is 4.79 Å². The van der Waals surface area contributed by atoms with Crippen molar-refractivity contribution in [3.8, 4) is 0 Å². The Labute approximate surface area is 155 Å². The van der Waals surface area contributed by atoms with E-state index in [9.17, 15) is 9.59 Å². The van der Waals surface area contributed by atoms with Crippen LogP contribution in [0.25, 0.3) is 10.8 Å². The van der Waals surface area contributed by atoms with Crippen LogP contribution in [0.2, 0.25) is 5.02 Å². The summed E-state index contributed by atoms with van der Waals surface area (Å²) in [6.07, 6.45) is 3.45. The molecule has 1 fully saturated rings. The zero-order valence-corrected chi connectivity index (χ0v) is 14.9. The lowest BCUT2D eigenvalue weighted by atomic mass is 9.81.